The van der Waals surface area contributed by atoms with E-state index < -0.39 is 10.0 Å². The zero-order chi connectivity index (χ0) is 14.9. The van der Waals surface area contributed by atoms with E-state index in [1.165, 1.54) is 17.4 Å². The van der Waals surface area contributed by atoms with Gasteiger partial charge in [-0.3, -0.25) is 4.72 Å². The molecule has 1 aliphatic heterocycles. The summed E-state index contributed by atoms with van der Waals surface area (Å²) in [5, 5.41) is 3.35. The van der Waals surface area contributed by atoms with Gasteiger partial charge < -0.3 is 5.32 Å². The van der Waals surface area contributed by atoms with Crippen LogP contribution < -0.4 is 10.0 Å². The fraction of sp³-hybridized carbons (Fsp3) is 0.250. The van der Waals surface area contributed by atoms with Crippen molar-refractivity contribution < 1.29 is 8.42 Å². The maximum Gasteiger partial charge on any atom is 0.229 e. The molecule has 5 heteroatoms. The lowest BCUT2D eigenvalue weighted by atomic mass is 9.95. The Bertz CT molecular complexity index is 770. The van der Waals surface area contributed by atoms with Gasteiger partial charge in [0.1, 0.15) is 0 Å². The molecule has 2 aromatic rings. The molecule has 2 N–H and O–H groups in total. The fourth-order valence-corrected chi connectivity index (χ4v) is 3.25. The van der Waals surface area contributed by atoms with E-state index in [1.807, 2.05) is 18.2 Å². The lowest BCUT2D eigenvalue weighted by Crippen LogP contribution is -2.23. The predicted octanol–water partition coefficient (Wildman–Crippen LogP) is 2.37. The van der Waals surface area contributed by atoms with Crippen molar-refractivity contribution in [3.8, 4) is 11.1 Å². The third kappa shape index (κ3) is 3.25. The molecular formula is C16H18N2O2S. The van der Waals surface area contributed by atoms with Gasteiger partial charge >= 0.3 is 0 Å². The Hall–Kier alpha value is -1.85. The molecular weight excluding hydrogens is 284 g/mol. The number of hydrogen-bond acceptors (Lipinski definition) is 3. The lowest BCUT2D eigenvalue weighted by molar-refractivity contribution is 0.607. The van der Waals surface area contributed by atoms with Crippen LogP contribution in [0.5, 0.6) is 0 Å². The summed E-state index contributed by atoms with van der Waals surface area (Å²) in [4.78, 5) is 0. The molecule has 0 unspecified atom stereocenters. The van der Waals surface area contributed by atoms with Crippen LogP contribution >= 0.6 is 0 Å². The molecule has 0 radical (unpaired) electrons. The van der Waals surface area contributed by atoms with Crippen molar-refractivity contribution in [2.24, 2.45) is 0 Å². The van der Waals surface area contributed by atoms with E-state index in [-0.39, 0.29) is 0 Å². The molecule has 0 aliphatic carbocycles. The van der Waals surface area contributed by atoms with Crippen LogP contribution in [0.15, 0.2) is 42.5 Å². The zero-order valence-electron chi connectivity index (χ0n) is 11.9. The molecule has 0 aromatic heterocycles. The SMILES string of the molecule is CS(=O)(=O)Nc1ccccc1-c1ccc2c(c1)CCNC2. The van der Waals surface area contributed by atoms with Crippen LogP contribution in [0, 0.1) is 0 Å². The summed E-state index contributed by atoms with van der Waals surface area (Å²) < 4.78 is 25.6. The third-order valence-electron chi connectivity index (χ3n) is 3.63. The Morgan fingerprint density at radius 1 is 1.10 bits per heavy atom. The number of rotatable bonds is 3. The zero-order valence-corrected chi connectivity index (χ0v) is 12.7. The Labute approximate surface area is 125 Å². The molecule has 0 spiro atoms. The molecule has 0 bridgehead atoms. The number of nitrogens with one attached hydrogen (secondary N) is 2. The first-order valence-corrected chi connectivity index (χ1v) is 8.82. The standard InChI is InChI=1S/C16H18N2O2S/c1-21(19,20)18-16-5-3-2-4-15(16)13-6-7-14-11-17-9-8-12(14)10-13/h2-7,10,17-18H,8-9,11H2,1H3. The van der Waals surface area contributed by atoms with Gasteiger partial charge in [0, 0.05) is 12.1 Å². The average molecular weight is 302 g/mol. The summed E-state index contributed by atoms with van der Waals surface area (Å²) in [7, 11) is -3.29. The number of hydrogen-bond donors (Lipinski definition) is 2. The molecule has 0 saturated heterocycles. The minimum atomic E-state index is -3.29. The number of benzene rings is 2. The van der Waals surface area contributed by atoms with E-state index in [1.54, 1.807) is 6.07 Å². The van der Waals surface area contributed by atoms with Gasteiger partial charge in [0.15, 0.2) is 0 Å². The average Bonchev–Trinajstić information content (AvgIpc) is 2.46. The molecule has 4 nitrogen and oxygen atoms in total. The molecule has 21 heavy (non-hydrogen) atoms. The Morgan fingerprint density at radius 2 is 1.90 bits per heavy atom. The van der Waals surface area contributed by atoms with E-state index in [0.29, 0.717) is 5.69 Å². The van der Waals surface area contributed by atoms with Crippen molar-refractivity contribution in [2.45, 2.75) is 13.0 Å². The summed E-state index contributed by atoms with van der Waals surface area (Å²) >= 11 is 0. The van der Waals surface area contributed by atoms with Gasteiger partial charge in [0.05, 0.1) is 11.9 Å². The van der Waals surface area contributed by atoms with Crippen molar-refractivity contribution in [3.05, 3.63) is 53.6 Å². The van der Waals surface area contributed by atoms with E-state index >= 15 is 0 Å². The third-order valence-corrected chi connectivity index (χ3v) is 4.22. The number of sulfonamides is 1. The Kier molecular flexibility index (Phi) is 3.69. The van der Waals surface area contributed by atoms with Crippen molar-refractivity contribution in [1.82, 2.24) is 5.32 Å². The number of fused-ring (bicyclic) bond motifs is 1. The Balaban J connectivity index is 2.04. The van der Waals surface area contributed by atoms with Gasteiger partial charge in [-0.25, -0.2) is 8.42 Å². The van der Waals surface area contributed by atoms with Gasteiger partial charge in [-0.15, -0.1) is 0 Å². The first-order chi connectivity index (χ1) is 10.0. The highest BCUT2D eigenvalue weighted by Crippen LogP contribution is 2.30. The summed E-state index contributed by atoms with van der Waals surface area (Å²) in [6, 6.07) is 13.8. The topological polar surface area (TPSA) is 58.2 Å². The minimum Gasteiger partial charge on any atom is -0.312 e. The van der Waals surface area contributed by atoms with Crippen molar-refractivity contribution >= 4 is 15.7 Å². The molecule has 0 fully saturated rings. The molecule has 1 aliphatic rings. The molecule has 110 valence electrons. The minimum absolute atomic E-state index is 0.619. The van der Waals surface area contributed by atoms with Gasteiger partial charge in [0.25, 0.3) is 0 Å². The maximum atomic E-state index is 11.5. The molecule has 2 aromatic carbocycles. The highest BCUT2D eigenvalue weighted by Gasteiger charge is 2.12. The van der Waals surface area contributed by atoms with Gasteiger partial charge in [-0.2, -0.15) is 0 Å². The van der Waals surface area contributed by atoms with Crippen LogP contribution in [0.3, 0.4) is 0 Å². The maximum absolute atomic E-state index is 11.5. The molecule has 3 rings (SSSR count). The molecule has 0 atom stereocenters. The van der Waals surface area contributed by atoms with Crippen molar-refractivity contribution in [3.63, 3.8) is 0 Å². The number of anilines is 1. The summed E-state index contributed by atoms with van der Waals surface area (Å²) in [5.74, 6) is 0. The Morgan fingerprint density at radius 3 is 2.71 bits per heavy atom. The van der Waals surface area contributed by atoms with Gasteiger partial charge in [-0.05, 0) is 35.7 Å². The largest absolute Gasteiger partial charge is 0.312 e. The smallest absolute Gasteiger partial charge is 0.229 e. The highest BCUT2D eigenvalue weighted by atomic mass is 32.2. The summed E-state index contributed by atoms with van der Waals surface area (Å²) in [5.41, 5.74) is 5.22. The van der Waals surface area contributed by atoms with Crippen LogP contribution in [0.1, 0.15) is 11.1 Å². The fourth-order valence-electron chi connectivity index (χ4n) is 2.67. The first kappa shape index (κ1) is 14.1. The highest BCUT2D eigenvalue weighted by molar-refractivity contribution is 7.92. The quantitative estimate of drug-likeness (QED) is 0.915. The molecule has 1 heterocycles. The van der Waals surface area contributed by atoms with E-state index in [4.69, 9.17) is 0 Å². The summed E-state index contributed by atoms with van der Waals surface area (Å²) in [6.07, 6.45) is 2.17. The van der Waals surface area contributed by atoms with Crippen molar-refractivity contribution in [2.75, 3.05) is 17.5 Å². The second kappa shape index (κ2) is 5.50. The van der Waals surface area contributed by atoms with Crippen LogP contribution in [-0.4, -0.2) is 21.2 Å². The van der Waals surface area contributed by atoms with Crippen LogP contribution in [0.2, 0.25) is 0 Å². The van der Waals surface area contributed by atoms with Gasteiger partial charge in [0.2, 0.25) is 10.0 Å². The van der Waals surface area contributed by atoms with Crippen molar-refractivity contribution in [1.29, 1.82) is 0 Å². The predicted molar refractivity (Wildman–Crippen MR) is 85.8 cm³/mol. The van der Waals surface area contributed by atoms with E-state index in [9.17, 15) is 8.42 Å². The number of para-hydroxylation sites is 1. The lowest BCUT2D eigenvalue weighted by Gasteiger charge is -2.19. The van der Waals surface area contributed by atoms with E-state index in [2.05, 4.69) is 28.2 Å². The van der Waals surface area contributed by atoms with Crippen LogP contribution in [-0.2, 0) is 23.0 Å². The first-order valence-electron chi connectivity index (χ1n) is 6.93. The van der Waals surface area contributed by atoms with Crippen LogP contribution in [0.4, 0.5) is 5.69 Å². The van der Waals surface area contributed by atoms with Crippen LogP contribution in [0.25, 0.3) is 11.1 Å². The van der Waals surface area contributed by atoms with E-state index in [0.717, 1.165) is 30.6 Å². The molecule has 0 amide bonds. The monoisotopic (exact) mass is 302 g/mol. The second-order valence-corrected chi connectivity index (χ2v) is 7.08. The van der Waals surface area contributed by atoms with Gasteiger partial charge in [-0.1, -0.05) is 36.4 Å². The normalized spacial score (nSPS) is 14.5. The summed E-state index contributed by atoms with van der Waals surface area (Å²) in [6.45, 7) is 1.89. The second-order valence-electron chi connectivity index (χ2n) is 5.33. The molecule has 0 saturated carbocycles.